The quantitative estimate of drug-likeness (QED) is 0.253. The molecule has 4 heteroatoms. The van der Waals surface area contributed by atoms with Crippen LogP contribution < -0.4 is 5.32 Å². The molecule has 2 aromatic carbocycles. The maximum Gasteiger partial charge on any atom is 0.405 e. The number of benzene rings is 2. The van der Waals surface area contributed by atoms with Crippen LogP contribution in [0.2, 0.25) is 0 Å². The van der Waals surface area contributed by atoms with Crippen LogP contribution in [0.25, 0.3) is 11.1 Å². The van der Waals surface area contributed by atoms with Gasteiger partial charge in [-0.15, -0.1) is 0 Å². The van der Waals surface area contributed by atoms with Gasteiger partial charge >= 0.3 is 6.09 Å². The van der Waals surface area contributed by atoms with E-state index in [0.29, 0.717) is 0 Å². The van der Waals surface area contributed by atoms with Crippen molar-refractivity contribution >= 4 is 6.09 Å². The Bertz CT molecular complexity index is 740. The van der Waals surface area contributed by atoms with E-state index in [0.717, 1.165) is 36.0 Å². The Labute approximate surface area is 187 Å². The minimum atomic E-state index is -0.976. The standard InChI is InChI=1S/C27H39NO3/c1-2-3-4-5-6-7-8-9-10-11-12-13-26(28-27(30)31)24-16-14-22(15-17-24)23-18-20-25(29)21-19-23/h14-21,26,28-29H,2-13H2,1H3,(H,30,31). The van der Waals surface area contributed by atoms with Crippen LogP contribution >= 0.6 is 0 Å². The smallest absolute Gasteiger partial charge is 0.405 e. The van der Waals surface area contributed by atoms with E-state index in [1.54, 1.807) is 12.1 Å². The van der Waals surface area contributed by atoms with Crippen LogP contribution in [0.5, 0.6) is 5.75 Å². The summed E-state index contributed by atoms with van der Waals surface area (Å²) in [5.74, 6) is 0.248. The molecule has 0 spiro atoms. The van der Waals surface area contributed by atoms with Crippen LogP contribution in [0.4, 0.5) is 4.79 Å². The number of phenolic OH excluding ortho intramolecular Hbond substituents is 1. The maximum atomic E-state index is 11.3. The average molecular weight is 426 g/mol. The summed E-state index contributed by atoms with van der Waals surface area (Å²) in [6, 6.07) is 14.9. The van der Waals surface area contributed by atoms with Crippen molar-refractivity contribution in [3.63, 3.8) is 0 Å². The summed E-state index contributed by atoms with van der Waals surface area (Å²) >= 11 is 0. The van der Waals surface area contributed by atoms with E-state index < -0.39 is 6.09 Å². The number of aromatic hydroxyl groups is 1. The van der Waals surface area contributed by atoms with Gasteiger partial charge < -0.3 is 15.5 Å². The van der Waals surface area contributed by atoms with Crippen molar-refractivity contribution in [1.29, 1.82) is 0 Å². The minimum Gasteiger partial charge on any atom is -0.508 e. The number of unbranched alkanes of at least 4 members (excludes halogenated alkanes) is 10. The lowest BCUT2D eigenvalue weighted by molar-refractivity contribution is 0.189. The largest absolute Gasteiger partial charge is 0.508 e. The second kappa shape index (κ2) is 14.5. The third-order valence-corrected chi connectivity index (χ3v) is 5.91. The van der Waals surface area contributed by atoms with Gasteiger partial charge in [-0.1, -0.05) is 114 Å². The molecule has 0 aliphatic heterocycles. The van der Waals surface area contributed by atoms with Gasteiger partial charge in [-0.05, 0) is 35.2 Å². The number of nitrogens with one attached hydrogen (secondary N) is 1. The van der Waals surface area contributed by atoms with Gasteiger partial charge in [0.1, 0.15) is 5.75 Å². The van der Waals surface area contributed by atoms with Crippen LogP contribution in [-0.4, -0.2) is 16.3 Å². The molecule has 0 bridgehead atoms. The summed E-state index contributed by atoms with van der Waals surface area (Å²) in [5.41, 5.74) is 3.07. The first-order valence-electron chi connectivity index (χ1n) is 12.0. The molecule has 170 valence electrons. The Morgan fingerprint density at radius 2 is 1.19 bits per heavy atom. The first kappa shape index (κ1) is 24.8. The Morgan fingerprint density at radius 1 is 0.742 bits per heavy atom. The zero-order valence-corrected chi connectivity index (χ0v) is 19.0. The number of carboxylic acid groups (broad SMARTS) is 1. The number of hydrogen-bond acceptors (Lipinski definition) is 2. The molecule has 0 aromatic heterocycles. The average Bonchev–Trinajstić information content (AvgIpc) is 2.77. The molecule has 3 N–H and O–H groups in total. The van der Waals surface area contributed by atoms with E-state index >= 15 is 0 Å². The predicted molar refractivity (Wildman–Crippen MR) is 129 cm³/mol. The Kier molecular flexibility index (Phi) is 11.6. The van der Waals surface area contributed by atoms with E-state index in [9.17, 15) is 15.0 Å². The van der Waals surface area contributed by atoms with E-state index in [2.05, 4.69) is 12.2 Å². The third-order valence-electron chi connectivity index (χ3n) is 5.91. The lowest BCUT2D eigenvalue weighted by Gasteiger charge is -2.18. The summed E-state index contributed by atoms with van der Waals surface area (Å²) in [6.45, 7) is 2.25. The zero-order chi connectivity index (χ0) is 22.3. The normalized spacial score (nSPS) is 11.9. The molecular formula is C27H39NO3. The lowest BCUT2D eigenvalue weighted by atomic mass is 9.97. The van der Waals surface area contributed by atoms with E-state index in [-0.39, 0.29) is 11.8 Å². The highest BCUT2D eigenvalue weighted by molar-refractivity contribution is 5.66. The molecule has 0 saturated carbocycles. The third kappa shape index (κ3) is 9.91. The number of hydrogen-bond donors (Lipinski definition) is 3. The van der Waals surface area contributed by atoms with Gasteiger partial charge in [0, 0.05) is 0 Å². The molecule has 2 rings (SSSR count). The SMILES string of the molecule is CCCCCCCCCCCCCC(NC(=O)O)c1ccc(-c2ccc(O)cc2)cc1. The first-order chi connectivity index (χ1) is 15.1. The monoisotopic (exact) mass is 425 g/mol. The molecule has 4 nitrogen and oxygen atoms in total. The fourth-order valence-corrected chi connectivity index (χ4v) is 4.05. The number of phenols is 1. The van der Waals surface area contributed by atoms with Crippen LogP contribution in [0, 0.1) is 0 Å². The van der Waals surface area contributed by atoms with Crippen LogP contribution in [-0.2, 0) is 0 Å². The van der Waals surface area contributed by atoms with Gasteiger partial charge in [0.05, 0.1) is 6.04 Å². The minimum absolute atomic E-state index is 0.176. The second-order valence-electron chi connectivity index (χ2n) is 8.50. The summed E-state index contributed by atoms with van der Waals surface area (Å²) in [4.78, 5) is 11.3. The Hall–Kier alpha value is -2.49. The molecule has 1 atom stereocenters. The number of amides is 1. The highest BCUT2D eigenvalue weighted by Crippen LogP contribution is 2.26. The molecule has 0 aliphatic rings. The molecule has 0 aliphatic carbocycles. The van der Waals surface area contributed by atoms with Gasteiger partial charge in [0.15, 0.2) is 0 Å². The summed E-state index contributed by atoms with van der Waals surface area (Å²) in [5, 5.41) is 21.4. The molecule has 1 amide bonds. The highest BCUT2D eigenvalue weighted by Gasteiger charge is 2.14. The predicted octanol–water partition coefficient (Wildman–Crippen LogP) is 8.07. The molecule has 1 unspecified atom stereocenters. The van der Waals surface area contributed by atoms with Crippen LogP contribution in [0.1, 0.15) is 95.6 Å². The molecule has 0 radical (unpaired) electrons. The van der Waals surface area contributed by atoms with Crippen molar-refractivity contribution in [1.82, 2.24) is 5.32 Å². The van der Waals surface area contributed by atoms with Gasteiger partial charge in [0.2, 0.25) is 0 Å². The van der Waals surface area contributed by atoms with Crippen molar-refractivity contribution in [3.05, 3.63) is 54.1 Å². The van der Waals surface area contributed by atoms with E-state index in [1.807, 2.05) is 36.4 Å². The number of carbonyl (C=O) groups is 1. The molecule has 0 heterocycles. The fraction of sp³-hybridized carbons (Fsp3) is 0.519. The first-order valence-corrected chi connectivity index (χ1v) is 12.0. The Balaban J connectivity index is 1.73. The highest BCUT2D eigenvalue weighted by atomic mass is 16.4. The Morgan fingerprint density at radius 3 is 1.68 bits per heavy atom. The second-order valence-corrected chi connectivity index (χ2v) is 8.50. The van der Waals surface area contributed by atoms with Gasteiger partial charge in [-0.25, -0.2) is 4.79 Å². The molecule has 0 fully saturated rings. The van der Waals surface area contributed by atoms with E-state index in [4.69, 9.17) is 0 Å². The molecule has 31 heavy (non-hydrogen) atoms. The van der Waals surface area contributed by atoms with Crippen molar-refractivity contribution in [2.24, 2.45) is 0 Å². The van der Waals surface area contributed by atoms with Crippen molar-refractivity contribution in [2.75, 3.05) is 0 Å². The van der Waals surface area contributed by atoms with Crippen molar-refractivity contribution in [2.45, 2.75) is 90.0 Å². The molecule has 2 aromatic rings. The summed E-state index contributed by atoms with van der Waals surface area (Å²) < 4.78 is 0. The maximum absolute atomic E-state index is 11.3. The number of rotatable bonds is 15. The van der Waals surface area contributed by atoms with Gasteiger partial charge in [0.25, 0.3) is 0 Å². The zero-order valence-electron chi connectivity index (χ0n) is 19.0. The summed E-state index contributed by atoms with van der Waals surface area (Å²) in [7, 11) is 0. The van der Waals surface area contributed by atoms with Crippen molar-refractivity contribution in [3.8, 4) is 16.9 Å². The molecular weight excluding hydrogens is 386 g/mol. The van der Waals surface area contributed by atoms with Crippen LogP contribution in [0.3, 0.4) is 0 Å². The van der Waals surface area contributed by atoms with Crippen molar-refractivity contribution < 1.29 is 15.0 Å². The van der Waals surface area contributed by atoms with Crippen LogP contribution in [0.15, 0.2) is 48.5 Å². The summed E-state index contributed by atoms with van der Waals surface area (Å²) in [6.07, 6.45) is 14.0. The topological polar surface area (TPSA) is 69.6 Å². The fourth-order valence-electron chi connectivity index (χ4n) is 4.05. The molecule has 0 saturated heterocycles. The lowest BCUT2D eigenvalue weighted by Crippen LogP contribution is -2.26. The van der Waals surface area contributed by atoms with Gasteiger partial charge in [-0.2, -0.15) is 0 Å². The van der Waals surface area contributed by atoms with E-state index in [1.165, 1.54) is 57.8 Å². The van der Waals surface area contributed by atoms with Gasteiger partial charge in [-0.3, -0.25) is 0 Å².